The minimum Gasteiger partial charge on any atom is -0.496 e. The van der Waals surface area contributed by atoms with E-state index in [1.807, 2.05) is 37.3 Å². The molecule has 0 aliphatic heterocycles. The van der Waals surface area contributed by atoms with Gasteiger partial charge >= 0.3 is 0 Å². The molecule has 5 heteroatoms. The quantitative estimate of drug-likeness (QED) is 0.760. The van der Waals surface area contributed by atoms with Crippen LogP contribution in [-0.2, 0) is 22.7 Å². The number of nitrogens with one attached hydrogen (secondary N) is 1. The Morgan fingerprint density at radius 3 is 2.52 bits per heavy atom. The van der Waals surface area contributed by atoms with Crippen LogP contribution in [0.3, 0.4) is 0 Å². The molecule has 0 radical (unpaired) electrons. The van der Waals surface area contributed by atoms with E-state index in [9.17, 15) is 4.79 Å². The molecule has 25 heavy (non-hydrogen) atoms. The van der Waals surface area contributed by atoms with Gasteiger partial charge in [0.05, 0.1) is 26.9 Å². The van der Waals surface area contributed by atoms with Crippen LogP contribution in [0, 0.1) is 0 Å². The number of benzene rings is 2. The Kier molecular flexibility index (Phi) is 7.44. The summed E-state index contributed by atoms with van der Waals surface area (Å²) in [5.41, 5.74) is 2.51. The molecular formula is C20H25NO4. The highest BCUT2D eigenvalue weighted by Crippen LogP contribution is 2.21. The molecule has 2 aromatic carbocycles. The van der Waals surface area contributed by atoms with Crippen LogP contribution in [0.15, 0.2) is 48.5 Å². The molecule has 0 spiro atoms. The predicted molar refractivity (Wildman–Crippen MR) is 96.7 cm³/mol. The summed E-state index contributed by atoms with van der Waals surface area (Å²) in [5.74, 6) is 0.561. The first-order valence-electron chi connectivity index (χ1n) is 8.22. The minimum atomic E-state index is -0.142. The van der Waals surface area contributed by atoms with Crippen molar-refractivity contribution in [2.45, 2.75) is 26.2 Å². The van der Waals surface area contributed by atoms with Gasteiger partial charge in [-0.1, -0.05) is 30.3 Å². The van der Waals surface area contributed by atoms with Crippen molar-refractivity contribution in [1.29, 1.82) is 0 Å². The normalized spacial score (nSPS) is 11.8. The molecule has 0 aromatic heterocycles. The van der Waals surface area contributed by atoms with E-state index in [0.717, 1.165) is 11.1 Å². The number of methoxy groups -OCH3 is 2. The second-order valence-corrected chi connectivity index (χ2v) is 5.83. The standard InChI is InChI=1S/C20H25NO4/c1-15(12-23-2)21-20(22)17-9-10-19(24-3)18(11-17)14-25-13-16-7-5-4-6-8-16/h4-11,15H,12-14H2,1-3H3,(H,21,22)/t15-/m1/s1. The van der Waals surface area contributed by atoms with Gasteiger partial charge in [-0.05, 0) is 30.7 Å². The summed E-state index contributed by atoms with van der Waals surface area (Å²) in [7, 11) is 3.22. The van der Waals surface area contributed by atoms with E-state index >= 15 is 0 Å². The highest BCUT2D eigenvalue weighted by molar-refractivity contribution is 5.94. The van der Waals surface area contributed by atoms with Crippen molar-refractivity contribution in [2.24, 2.45) is 0 Å². The first-order chi connectivity index (χ1) is 12.1. The van der Waals surface area contributed by atoms with Crippen LogP contribution in [0.4, 0.5) is 0 Å². The van der Waals surface area contributed by atoms with E-state index in [2.05, 4.69) is 5.32 Å². The number of amides is 1. The second-order valence-electron chi connectivity index (χ2n) is 5.83. The predicted octanol–water partition coefficient (Wildman–Crippen LogP) is 3.18. The van der Waals surface area contributed by atoms with E-state index in [1.54, 1.807) is 32.4 Å². The van der Waals surface area contributed by atoms with E-state index in [-0.39, 0.29) is 11.9 Å². The van der Waals surface area contributed by atoms with Gasteiger partial charge in [-0.2, -0.15) is 0 Å². The van der Waals surface area contributed by atoms with Crippen molar-refractivity contribution in [2.75, 3.05) is 20.8 Å². The number of rotatable bonds is 9. The molecule has 0 unspecified atom stereocenters. The second kappa shape index (κ2) is 9.81. The zero-order valence-electron chi connectivity index (χ0n) is 15.0. The van der Waals surface area contributed by atoms with Gasteiger partial charge in [0.15, 0.2) is 0 Å². The molecule has 0 heterocycles. The smallest absolute Gasteiger partial charge is 0.251 e. The third kappa shape index (κ3) is 5.89. The van der Waals surface area contributed by atoms with Crippen LogP contribution in [0.5, 0.6) is 5.75 Å². The highest BCUT2D eigenvalue weighted by atomic mass is 16.5. The fraction of sp³-hybridized carbons (Fsp3) is 0.350. The van der Waals surface area contributed by atoms with Gasteiger partial charge in [0.1, 0.15) is 5.75 Å². The topological polar surface area (TPSA) is 56.8 Å². The molecule has 5 nitrogen and oxygen atoms in total. The van der Waals surface area contributed by atoms with Crippen LogP contribution < -0.4 is 10.1 Å². The zero-order valence-corrected chi connectivity index (χ0v) is 15.0. The lowest BCUT2D eigenvalue weighted by Gasteiger charge is -2.15. The molecule has 0 saturated carbocycles. The molecule has 134 valence electrons. The number of hydrogen-bond donors (Lipinski definition) is 1. The monoisotopic (exact) mass is 343 g/mol. The van der Waals surface area contributed by atoms with Crippen LogP contribution in [0.2, 0.25) is 0 Å². The molecule has 0 aliphatic rings. The van der Waals surface area contributed by atoms with Gasteiger partial charge in [0.25, 0.3) is 5.91 Å². The maximum atomic E-state index is 12.3. The molecule has 1 amide bonds. The van der Waals surface area contributed by atoms with E-state index in [1.165, 1.54) is 0 Å². The van der Waals surface area contributed by atoms with E-state index in [0.29, 0.717) is 31.1 Å². The summed E-state index contributed by atoms with van der Waals surface area (Å²) >= 11 is 0. The Labute approximate surface area is 148 Å². The van der Waals surface area contributed by atoms with Crippen molar-refractivity contribution in [3.05, 3.63) is 65.2 Å². The lowest BCUT2D eigenvalue weighted by molar-refractivity contribution is 0.0903. The van der Waals surface area contributed by atoms with Gasteiger partial charge in [-0.15, -0.1) is 0 Å². The summed E-state index contributed by atoms with van der Waals surface area (Å²) in [4.78, 5) is 12.3. The maximum Gasteiger partial charge on any atom is 0.251 e. The molecule has 0 aliphatic carbocycles. The van der Waals surface area contributed by atoms with Gasteiger partial charge in [0, 0.05) is 24.3 Å². The molecule has 0 saturated heterocycles. The molecule has 2 aromatic rings. The minimum absolute atomic E-state index is 0.0580. The Morgan fingerprint density at radius 1 is 1.08 bits per heavy atom. The third-order valence-electron chi connectivity index (χ3n) is 3.71. The Balaban J connectivity index is 2.02. The largest absolute Gasteiger partial charge is 0.496 e. The maximum absolute atomic E-state index is 12.3. The summed E-state index contributed by atoms with van der Waals surface area (Å²) in [6.45, 7) is 3.24. The highest BCUT2D eigenvalue weighted by Gasteiger charge is 2.13. The molecular weight excluding hydrogens is 318 g/mol. The average molecular weight is 343 g/mol. The summed E-state index contributed by atoms with van der Waals surface area (Å²) < 4.78 is 16.2. The van der Waals surface area contributed by atoms with Gasteiger partial charge in [-0.25, -0.2) is 0 Å². The van der Waals surface area contributed by atoms with Crippen molar-refractivity contribution >= 4 is 5.91 Å². The van der Waals surface area contributed by atoms with Gasteiger partial charge in [-0.3, -0.25) is 4.79 Å². The lowest BCUT2D eigenvalue weighted by atomic mass is 10.1. The number of ether oxygens (including phenoxy) is 3. The van der Waals surface area contributed by atoms with Crippen molar-refractivity contribution in [3.63, 3.8) is 0 Å². The fourth-order valence-corrected chi connectivity index (χ4v) is 2.48. The number of carbonyl (C=O) groups is 1. The third-order valence-corrected chi connectivity index (χ3v) is 3.71. The van der Waals surface area contributed by atoms with E-state index < -0.39 is 0 Å². The average Bonchev–Trinajstić information content (AvgIpc) is 2.62. The summed E-state index contributed by atoms with van der Waals surface area (Å²) in [5, 5.41) is 2.90. The molecule has 0 fully saturated rings. The van der Waals surface area contributed by atoms with Crippen LogP contribution in [-0.4, -0.2) is 32.8 Å². The summed E-state index contributed by atoms with van der Waals surface area (Å²) in [6, 6.07) is 15.2. The SMILES string of the molecule is COC[C@@H](C)NC(=O)c1ccc(OC)c(COCc2ccccc2)c1. The Bertz CT molecular complexity index is 673. The van der Waals surface area contributed by atoms with Gasteiger partial charge < -0.3 is 19.5 Å². The molecule has 1 atom stereocenters. The zero-order chi connectivity index (χ0) is 18.1. The molecule has 0 bridgehead atoms. The number of carbonyl (C=O) groups excluding carboxylic acids is 1. The van der Waals surface area contributed by atoms with Crippen molar-refractivity contribution < 1.29 is 19.0 Å². The molecule has 2 rings (SSSR count). The summed E-state index contributed by atoms with van der Waals surface area (Å²) in [6.07, 6.45) is 0. The van der Waals surface area contributed by atoms with E-state index in [4.69, 9.17) is 14.2 Å². The first-order valence-corrected chi connectivity index (χ1v) is 8.22. The first kappa shape index (κ1) is 19.0. The molecule has 1 N–H and O–H groups in total. The number of hydrogen-bond acceptors (Lipinski definition) is 4. The van der Waals surface area contributed by atoms with Gasteiger partial charge in [0.2, 0.25) is 0 Å². The van der Waals surface area contributed by atoms with Crippen LogP contribution in [0.1, 0.15) is 28.4 Å². The Hall–Kier alpha value is -2.37. The van der Waals surface area contributed by atoms with Crippen molar-refractivity contribution in [1.82, 2.24) is 5.32 Å². The van der Waals surface area contributed by atoms with Crippen LogP contribution >= 0.6 is 0 Å². The van der Waals surface area contributed by atoms with Crippen molar-refractivity contribution in [3.8, 4) is 5.75 Å². The Morgan fingerprint density at radius 2 is 1.84 bits per heavy atom. The lowest BCUT2D eigenvalue weighted by Crippen LogP contribution is -2.35. The van der Waals surface area contributed by atoms with Crippen LogP contribution in [0.25, 0.3) is 0 Å². The fourth-order valence-electron chi connectivity index (χ4n) is 2.48.